The van der Waals surface area contributed by atoms with Crippen molar-refractivity contribution in [1.29, 1.82) is 0 Å². The Morgan fingerprint density at radius 1 is 1.03 bits per heavy atom. The number of rotatable bonds is 3. The predicted molar refractivity (Wildman–Crippen MR) is 140 cm³/mol. The zero-order chi connectivity index (χ0) is 24.9. The van der Waals surface area contributed by atoms with Gasteiger partial charge in [0.25, 0.3) is 0 Å². The first kappa shape index (κ1) is 23.2. The van der Waals surface area contributed by atoms with Crippen molar-refractivity contribution in [3.8, 4) is 17.2 Å². The molecular weight excluding hydrogens is 497 g/mol. The van der Waals surface area contributed by atoms with E-state index in [0.717, 1.165) is 28.3 Å². The fourth-order valence-electron chi connectivity index (χ4n) is 5.32. The van der Waals surface area contributed by atoms with Gasteiger partial charge in [-0.15, -0.1) is 0 Å². The predicted octanol–water partition coefficient (Wildman–Crippen LogP) is 6.67. The summed E-state index contributed by atoms with van der Waals surface area (Å²) in [6.45, 7) is 2.82. The summed E-state index contributed by atoms with van der Waals surface area (Å²) in [5, 5.41) is 8.25. The molecule has 3 heterocycles. The van der Waals surface area contributed by atoms with Gasteiger partial charge in [-0.05, 0) is 54.1 Å². The Balaban J connectivity index is 1.32. The van der Waals surface area contributed by atoms with E-state index in [0.29, 0.717) is 48.1 Å². The Labute approximate surface area is 220 Å². The second kappa shape index (κ2) is 9.02. The summed E-state index contributed by atoms with van der Waals surface area (Å²) in [6, 6.07) is 21.3. The van der Waals surface area contributed by atoms with Gasteiger partial charge >= 0.3 is 0 Å². The highest BCUT2D eigenvalue weighted by atomic mass is 35.5. The largest absolute Gasteiger partial charge is 0.464 e. The molecule has 1 spiro atoms. The Morgan fingerprint density at radius 2 is 1.72 bits per heavy atom. The number of hydrazone groups is 1. The Hall–Kier alpha value is -3.22. The van der Waals surface area contributed by atoms with E-state index in [9.17, 15) is 4.79 Å². The minimum Gasteiger partial charge on any atom is -0.464 e. The van der Waals surface area contributed by atoms with Gasteiger partial charge in [-0.3, -0.25) is 4.79 Å². The Bertz CT molecular complexity index is 1340. The summed E-state index contributed by atoms with van der Waals surface area (Å²) < 4.78 is 12.6. The van der Waals surface area contributed by atoms with Crippen LogP contribution in [0.5, 0.6) is 17.2 Å². The van der Waals surface area contributed by atoms with Crippen LogP contribution in [0.4, 0.5) is 0 Å². The monoisotopic (exact) mass is 521 g/mol. The van der Waals surface area contributed by atoms with Crippen LogP contribution in [0.2, 0.25) is 10.0 Å². The zero-order valence-electron chi connectivity index (χ0n) is 19.8. The molecule has 3 aliphatic rings. The topological polar surface area (TPSA) is 54.4 Å². The molecule has 6 rings (SSSR count). The minimum atomic E-state index is -0.667. The number of piperidine rings is 1. The van der Waals surface area contributed by atoms with Gasteiger partial charge in [-0.25, -0.2) is 5.01 Å². The second-order valence-corrected chi connectivity index (χ2v) is 10.3. The van der Waals surface area contributed by atoms with Crippen LogP contribution in [0.1, 0.15) is 43.4 Å². The van der Waals surface area contributed by atoms with Gasteiger partial charge in [0, 0.05) is 49.9 Å². The van der Waals surface area contributed by atoms with Crippen molar-refractivity contribution in [3.05, 3.63) is 87.9 Å². The van der Waals surface area contributed by atoms with Crippen molar-refractivity contribution >= 4 is 34.8 Å². The molecule has 1 fully saturated rings. The van der Waals surface area contributed by atoms with E-state index in [1.165, 1.54) is 0 Å². The zero-order valence-corrected chi connectivity index (χ0v) is 21.3. The standard InChI is InChI=1S/C28H25Cl2N3O3/c1-18(34)32-13-11-28(12-14-32)33-26(23-15-20(29)16-24(30)27(23)36-28)17-25(31-33)19-7-9-22(10-8-19)35-21-5-3-2-4-6-21/h2-10,15-16,26H,11-14,17H2,1H3/t26-/m1/s1. The molecule has 1 saturated heterocycles. The number of benzene rings is 3. The number of carbonyl (C=O) groups excluding carboxylic acids is 1. The lowest BCUT2D eigenvalue weighted by Crippen LogP contribution is -2.59. The third kappa shape index (κ3) is 4.08. The number of nitrogens with zero attached hydrogens (tertiary/aromatic N) is 3. The molecule has 0 aromatic heterocycles. The lowest BCUT2D eigenvalue weighted by Gasteiger charge is -2.51. The molecule has 8 heteroatoms. The van der Waals surface area contributed by atoms with Crippen molar-refractivity contribution < 1.29 is 14.3 Å². The highest BCUT2D eigenvalue weighted by Gasteiger charge is 2.52. The van der Waals surface area contributed by atoms with Crippen LogP contribution in [0.15, 0.2) is 71.8 Å². The fraction of sp³-hybridized carbons (Fsp3) is 0.286. The van der Waals surface area contributed by atoms with Gasteiger partial charge in [0.1, 0.15) is 17.2 Å². The van der Waals surface area contributed by atoms with E-state index in [2.05, 4.69) is 5.01 Å². The van der Waals surface area contributed by atoms with E-state index in [-0.39, 0.29) is 11.9 Å². The lowest BCUT2D eigenvalue weighted by atomic mass is 9.90. The number of ether oxygens (including phenoxy) is 2. The van der Waals surface area contributed by atoms with Crippen LogP contribution < -0.4 is 9.47 Å². The SMILES string of the molecule is CC(=O)N1CCC2(CC1)Oc1c(Cl)cc(Cl)cc1[C@H]1CC(c3ccc(Oc4ccccc4)cc3)=NN12. The molecule has 36 heavy (non-hydrogen) atoms. The van der Waals surface area contributed by atoms with Gasteiger partial charge in [0.05, 0.1) is 16.8 Å². The summed E-state index contributed by atoms with van der Waals surface area (Å²) in [7, 11) is 0. The number of hydrogen-bond donors (Lipinski definition) is 0. The van der Waals surface area contributed by atoms with Crippen molar-refractivity contribution in [3.63, 3.8) is 0 Å². The molecule has 0 bridgehead atoms. The average Bonchev–Trinajstić information content (AvgIpc) is 3.34. The van der Waals surface area contributed by atoms with Crippen LogP contribution in [-0.2, 0) is 4.79 Å². The summed E-state index contributed by atoms with van der Waals surface area (Å²) in [5.74, 6) is 2.30. The van der Waals surface area contributed by atoms with Crippen LogP contribution in [0, 0.1) is 0 Å². The maximum Gasteiger partial charge on any atom is 0.219 e. The van der Waals surface area contributed by atoms with Crippen LogP contribution in [0.3, 0.4) is 0 Å². The molecule has 6 nitrogen and oxygen atoms in total. The third-order valence-corrected chi connectivity index (χ3v) is 7.67. The van der Waals surface area contributed by atoms with Crippen molar-refractivity contribution in [2.45, 2.75) is 38.0 Å². The molecule has 1 atom stereocenters. The highest BCUT2D eigenvalue weighted by Crippen LogP contribution is 2.52. The van der Waals surface area contributed by atoms with Crippen LogP contribution in [0.25, 0.3) is 0 Å². The van der Waals surface area contributed by atoms with Crippen molar-refractivity contribution in [1.82, 2.24) is 9.91 Å². The molecule has 0 radical (unpaired) electrons. The summed E-state index contributed by atoms with van der Waals surface area (Å²) in [5.41, 5.74) is 2.26. The first-order chi connectivity index (χ1) is 17.4. The third-order valence-electron chi connectivity index (χ3n) is 7.17. The van der Waals surface area contributed by atoms with Gasteiger partial charge in [0.2, 0.25) is 11.6 Å². The minimum absolute atomic E-state index is 0.0518. The lowest BCUT2D eigenvalue weighted by molar-refractivity contribution is -0.158. The number of likely N-dealkylation sites (tertiary alicyclic amines) is 1. The number of halogens is 2. The fourth-order valence-corrected chi connectivity index (χ4v) is 5.86. The molecule has 0 aliphatic carbocycles. The van der Waals surface area contributed by atoms with Crippen LogP contribution >= 0.6 is 23.2 Å². The van der Waals surface area contributed by atoms with Gasteiger partial charge in [0.15, 0.2) is 0 Å². The quantitative estimate of drug-likeness (QED) is 0.386. The second-order valence-electron chi connectivity index (χ2n) is 9.41. The number of para-hydroxylation sites is 1. The van der Waals surface area contributed by atoms with E-state index in [1.807, 2.05) is 65.6 Å². The number of hydrogen-bond acceptors (Lipinski definition) is 5. The Morgan fingerprint density at radius 3 is 2.42 bits per heavy atom. The van der Waals surface area contributed by atoms with E-state index in [1.54, 1.807) is 13.0 Å². The smallest absolute Gasteiger partial charge is 0.219 e. The van der Waals surface area contributed by atoms with Crippen molar-refractivity contribution in [2.24, 2.45) is 5.10 Å². The van der Waals surface area contributed by atoms with E-state index in [4.69, 9.17) is 37.8 Å². The Kier molecular flexibility index (Phi) is 5.81. The molecule has 0 N–H and O–H groups in total. The maximum atomic E-state index is 12.0. The summed E-state index contributed by atoms with van der Waals surface area (Å²) in [4.78, 5) is 13.8. The maximum absolute atomic E-state index is 12.0. The molecule has 184 valence electrons. The average molecular weight is 522 g/mol. The number of fused-ring (bicyclic) bond motifs is 4. The van der Waals surface area contributed by atoms with E-state index < -0.39 is 5.72 Å². The normalized spacial score (nSPS) is 19.9. The van der Waals surface area contributed by atoms with Gasteiger partial charge < -0.3 is 14.4 Å². The molecule has 0 unspecified atom stereocenters. The summed E-state index contributed by atoms with van der Waals surface area (Å²) in [6.07, 6.45) is 1.98. The van der Waals surface area contributed by atoms with Crippen molar-refractivity contribution in [2.75, 3.05) is 13.1 Å². The first-order valence-corrected chi connectivity index (χ1v) is 12.8. The first-order valence-electron chi connectivity index (χ1n) is 12.1. The molecule has 3 aliphatic heterocycles. The molecular formula is C28H25Cl2N3O3. The molecule has 1 amide bonds. The number of amides is 1. The number of carbonyl (C=O) groups is 1. The summed E-state index contributed by atoms with van der Waals surface area (Å²) >= 11 is 13.0. The van der Waals surface area contributed by atoms with Crippen LogP contribution in [-0.4, -0.2) is 40.3 Å². The highest BCUT2D eigenvalue weighted by molar-refractivity contribution is 6.35. The van der Waals surface area contributed by atoms with Gasteiger partial charge in [-0.1, -0.05) is 41.4 Å². The molecule has 3 aromatic carbocycles. The molecule has 0 saturated carbocycles. The molecule has 3 aromatic rings. The van der Waals surface area contributed by atoms with E-state index >= 15 is 0 Å². The van der Waals surface area contributed by atoms with Gasteiger partial charge in [-0.2, -0.15) is 5.10 Å².